The van der Waals surface area contributed by atoms with Gasteiger partial charge < -0.3 is 9.64 Å². The monoisotopic (exact) mass is 271 g/mol. The van der Waals surface area contributed by atoms with E-state index < -0.39 is 0 Å². The highest BCUT2D eigenvalue weighted by Gasteiger charge is 2.26. The first-order chi connectivity index (χ1) is 9.79. The summed E-state index contributed by atoms with van der Waals surface area (Å²) in [6.45, 7) is 4.22. The SMILES string of the molecule is CCOc1ccccc1C(=O)N1CCC(=C2CC2)CC1. The third kappa shape index (κ3) is 2.72. The van der Waals surface area contributed by atoms with Gasteiger partial charge in [-0.3, -0.25) is 4.79 Å². The van der Waals surface area contributed by atoms with E-state index in [0.29, 0.717) is 17.9 Å². The number of piperidine rings is 1. The number of likely N-dealkylation sites (tertiary alicyclic amines) is 1. The van der Waals surface area contributed by atoms with Crippen molar-refractivity contribution in [2.75, 3.05) is 19.7 Å². The average Bonchev–Trinajstić information content (AvgIpc) is 3.32. The van der Waals surface area contributed by atoms with E-state index in [1.807, 2.05) is 36.1 Å². The van der Waals surface area contributed by atoms with E-state index in [2.05, 4.69) is 0 Å². The Kier molecular flexibility index (Phi) is 3.77. The number of allylic oxidation sites excluding steroid dienone is 1. The Balaban J connectivity index is 1.71. The van der Waals surface area contributed by atoms with E-state index in [4.69, 9.17) is 4.74 Å². The Morgan fingerprint density at radius 3 is 2.40 bits per heavy atom. The van der Waals surface area contributed by atoms with E-state index in [9.17, 15) is 4.79 Å². The third-order valence-corrected chi connectivity index (χ3v) is 4.07. The summed E-state index contributed by atoms with van der Waals surface area (Å²) >= 11 is 0. The largest absolute Gasteiger partial charge is 0.493 e. The molecule has 1 aliphatic heterocycles. The number of ether oxygens (including phenoxy) is 1. The number of para-hydroxylation sites is 1. The van der Waals surface area contributed by atoms with Crippen LogP contribution in [-0.4, -0.2) is 30.5 Å². The summed E-state index contributed by atoms with van der Waals surface area (Å²) in [4.78, 5) is 14.6. The van der Waals surface area contributed by atoms with Crippen LogP contribution >= 0.6 is 0 Å². The molecule has 1 amide bonds. The van der Waals surface area contributed by atoms with Gasteiger partial charge >= 0.3 is 0 Å². The Morgan fingerprint density at radius 2 is 1.75 bits per heavy atom. The van der Waals surface area contributed by atoms with Crippen LogP contribution in [0.5, 0.6) is 5.75 Å². The summed E-state index contributed by atoms with van der Waals surface area (Å²) in [5, 5.41) is 0. The Labute approximate surface area is 120 Å². The number of benzene rings is 1. The van der Waals surface area contributed by atoms with Gasteiger partial charge in [-0.25, -0.2) is 0 Å². The summed E-state index contributed by atoms with van der Waals surface area (Å²) in [5.74, 6) is 0.806. The molecule has 3 heteroatoms. The summed E-state index contributed by atoms with van der Waals surface area (Å²) < 4.78 is 5.56. The van der Waals surface area contributed by atoms with Crippen LogP contribution in [0.1, 0.15) is 43.0 Å². The first-order valence-corrected chi connectivity index (χ1v) is 7.50. The molecule has 0 spiro atoms. The molecular formula is C17H21NO2. The van der Waals surface area contributed by atoms with Gasteiger partial charge in [0, 0.05) is 13.1 Å². The highest BCUT2D eigenvalue weighted by Crippen LogP contribution is 2.36. The highest BCUT2D eigenvalue weighted by molar-refractivity contribution is 5.97. The van der Waals surface area contributed by atoms with Gasteiger partial charge in [-0.1, -0.05) is 23.3 Å². The van der Waals surface area contributed by atoms with Gasteiger partial charge in [0.25, 0.3) is 5.91 Å². The zero-order valence-electron chi connectivity index (χ0n) is 12.0. The average molecular weight is 271 g/mol. The molecule has 0 aromatic heterocycles. The van der Waals surface area contributed by atoms with Gasteiger partial charge in [-0.05, 0) is 44.7 Å². The van der Waals surface area contributed by atoms with Gasteiger partial charge in [-0.15, -0.1) is 0 Å². The minimum Gasteiger partial charge on any atom is -0.493 e. The summed E-state index contributed by atoms with van der Waals surface area (Å²) in [5.41, 5.74) is 3.94. The van der Waals surface area contributed by atoms with E-state index >= 15 is 0 Å². The predicted molar refractivity (Wildman–Crippen MR) is 79.0 cm³/mol. The van der Waals surface area contributed by atoms with Crippen LogP contribution in [0.3, 0.4) is 0 Å². The second kappa shape index (κ2) is 5.70. The smallest absolute Gasteiger partial charge is 0.257 e. The Morgan fingerprint density at radius 1 is 1.10 bits per heavy atom. The van der Waals surface area contributed by atoms with Crippen molar-refractivity contribution in [3.05, 3.63) is 41.0 Å². The van der Waals surface area contributed by atoms with E-state index in [1.54, 1.807) is 11.1 Å². The molecule has 1 heterocycles. The first kappa shape index (κ1) is 13.2. The van der Waals surface area contributed by atoms with Gasteiger partial charge in [0.05, 0.1) is 12.2 Å². The van der Waals surface area contributed by atoms with Gasteiger partial charge in [-0.2, -0.15) is 0 Å². The molecule has 1 aromatic rings. The molecule has 2 fully saturated rings. The maximum Gasteiger partial charge on any atom is 0.257 e. The van der Waals surface area contributed by atoms with E-state index in [1.165, 1.54) is 12.8 Å². The fraction of sp³-hybridized carbons (Fsp3) is 0.471. The molecular weight excluding hydrogens is 250 g/mol. The van der Waals surface area contributed by atoms with Gasteiger partial charge in [0.1, 0.15) is 5.75 Å². The van der Waals surface area contributed by atoms with Crippen molar-refractivity contribution in [3.8, 4) is 5.75 Å². The van der Waals surface area contributed by atoms with Crippen molar-refractivity contribution in [1.82, 2.24) is 4.90 Å². The minimum absolute atomic E-state index is 0.105. The maximum absolute atomic E-state index is 12.6. The molecule has 0 N–H and O–H groups in total. The predicted octanol–water partition coefficient (Wildman–Crippen LogP) is 3.41. The van der Waals surface area contributed by atoms with Crippen LogP contribution in [0.25, 0.3) is 0 Å². The standard InChI is InChI=1S/C17H21NO2/c1-2-20-16-6-4-3-5-15(16)17(19)18-11-9-14(10-12-18)13-7-8-13/h3-6H,2,7-12H2,1H3. The second-order valence-electron chi connectivity index (χ2n) is 5.43. The van der Waals surface area contributed by atoms with Gasteiger partial charge in [0.15, 0.2) is 0 Å². The lowest BCUT2D eigenvalue weighted by Crippen LogP contribution is -2.36. The number of amides is 1. The molecule has 2 aliphatic rings. The summed E-state index contributed by atoms with van der Waals surface area (Å²) in [6, 6.07) is 7.55. The lowest BCUT2D eigenvalue weighted by molar-refractivity contribution is 0.0739. The number of carbonyl (C=O) groups excluding carboxylic acids is 1. The zero-order valence-corrected chi connectivity index (χ0v) is 12.0. The molecule has 3 rings (SSSR count). The summed E-state index contributed by atoms with van der Waals surface area (Å²) in [6.07, 6.45) is 4.68. The van der Waals surface area contributed by atoms with Gasteiger partial charge in [0.2, 0.25) is 0 Å². The molecule has 1 saturated heterocycles. The van der Waals surface area contributed by atoms with E-state index in [-0.39, 0.29) is 5.91 Å². The van der Waals surface area contributed by atoms with Crippen LogP contribution in [0.4, 0.5) is 0 Å². The first-order valence-electron chi connectivity index (χ1n) is 7.50. The van der Waals surface area contributed by atoms with Crippen LogP contribution in [-0.2, 0) is 0 Å². The number of carbonyl (C=O) groups is 1. The molecule has 0 atom stereocenters. The second-order valence-corrected chi connectivity index (χ2v) is 5.43. The van der Waals surface area contributed by atoms with Crippen LogP contribution < -0.4 is 4.74 Å². The summed E-state index contributed by atoms with van der Waals surface area (Å²) in [7, 11) is 0. The number of nitrogens with zero attached hydrogens (tertiary/aromatic N) is 1. The number of rotatable bonds is 3. The molecule has 0 radical (unpaired) electrons. The Bertz CT molecular complexity index is 532. The molecule has 1 aliphatic carbocycles. The fourth-order valence-corrected chi connectivity index (χ4v) is 2.84. The van der Waals surface area contributed by atoms with Crippen molar-refractivity contribution in [3.63, 3.8) is 0 Å². The van der Waals surface area contributed by atoms with Crippen molar-refractivity contribution < 1.29 is 9.53 Å². The third-order valence-electron chi connectivity index (χ3n) is 4.07. The van der Waals surface area contributed by atoms with Crippen molar-refractivity contribution in [1.29, 1.82) is 0 Å². The normalized spacial score (nSPS) is 18.1. The lowest BCUT2D eigenvalue weighted by atomic mass is 10.0. The van der Waals surface area contributed by atoms with Crippen LogP contribution in [0.15, 0.2) is 35.4 Å². The Hall–Kier alpha value is -1.77. The number of hydrogen-bond acceptors (Lipinski definition) is 2. The zero-order chi connectivity index (χ0) is 13.9. The molecule has 20 heavy (non-hydrogen) atoms. The van der Waals surface area contributed by atoms with Crippen molar-refractivity contribution in [2.45, 2.75) is 32.6 Å². The van der Waals surface area contributed by atoms with Crippen LogP contribution in [0.2, 0.25) is 0 Å². The topological polar surface area (TPSA) is 29.5 Å². The van der Waals surface area contributed by atoms with Crippen molar-refractivity contribution in [2.24, 2.45) is 0 Å². The molecule has 0 bridgehead atoms. The van der Waals surface area contributed by atoms with E-state index in [0.717, 1.165) is 25.9 Å². The minimum atomic E-state index is 0.105. The fourth-order valence-electron chi connectivity index (χ4n) is 2.84. The lowest BCUT2D eigenvalue weighted by Gasteiger charge is -2.29. The van der Waals surface area contributed by atoms with Crippen LogP contribution in [0, 0.1) is 0 Å². The molecule has 3 nitrogen and oxygen atoms in total. The molecule has 1 aromatic carbocycles. The molecule has 0 unspecified atom stereocenters. The maximum atomic E-state index is 12.6. The molecule has 106 valence electrons. The van der Waals surface area contributed by atoms with Crippen molar-refractivity contribution >= 4 is 5.91 Å². The quantitative estimate of drug-likeness (QED) is 0.788. The molecule has 1 saturated carbocycles. The number of hydrogen-bond donors (Lipinski definition) is 0. The highest BCUT2D eigenvalue weighted by atomic mass is 16.5.